The van der Waals surface area contributed by atoms with Crippen LogP contribution in [0.15, 0.2) is 89.0 Å². The van der Waals surface area contributed by atoms with Gasteiger partial charge in [-0.1, -0.05) is 52.3 Å². The average Bonchev–Trinajstić information content (AvgIpc) is 2.99. The van der Waals surface area contributed by atoms with Gasteiger partial charge in [0, 0.05) is 10.2 Å². The molecule has 0 saturated heterocycles. The highest BCUT2D eigenvalue weighted by molar-refractivity contribution is 9.10. The summed E-state index contributed by atoms with van der Waals surface area (Å²) in [6.07, 6.45) is 0. The van der Waals surface area contributed by atoms with Crippen molar-refractivity contribution in [2.75, 3.05) is 16.8 Å². The van der Waals surface area contributed by atoms with Gasteiger partial charge in [0.2, 0.25) is 0 Å². The Morgan fingerprint density at radius 1 is 0.900 bits per heavy atom. The van der Waals surface area contributed by atoms with E-state index < -0.39 is 5.91 Å². The molecule has 0 radical (unpaired) electrons. The van der Waals surface area contributed by atoms with Gasteiger partial charge in [0.1, 0.15) is 11.4 Å². The minimum absolute atomic E-state index is 0.248. The van der Waals surface area contributed by atoms with Crippen LogP contribution in [-0.2, 0) is 9.59 Å². The Hall–Kier alpha value is -3.38. The van der Waals surface area contributed by atoms with Crippen LogP contribution in [0, 0.1) is 0 Å². The molecule has 1 N–H and O–H groups in total. The Bertz CT molecular complexity index is 1120. The maximum atomic E-state index is 13.4. The van der Waals surface area contributed by atoms with Crippen LogP contribution in [-0.4, -0.2) is 18.4 Å². The number of amides is 2. The first kappa shape index (κ1) is 19.9. The summed E-state index contributed by atoms with van der Waals surface area (Å²) in [7, 11) is 0. The van der Waals surface area contributed by atoms with E-state index in [1.807, 2.05) is 61.5 Å². The summed E-state index contributed by atoms with van der Waals surface area (Å²) >= 11 is 3.44. The topological polar surface area (TPSA) is 58.6 Å². The fourth-order valence-corrected chi connectivity index (χ4v) is 3.72. The van der Waals surface area contributed by atoms with Gasteiger partial charge in [0.05, 0.1) is 17.9 Å². The largest absolute Gasteiger partial charge is 0.494 e. The van der Waals surface area contributed by atoms with E-state index in [9.17, 15) is 9.59 Å². The van der Waals surface area contributed by atoms with E-state index in [1.54, 1.807) is 24.3 Å². The van der Waals surface area contributed by atoms with Gasteiger partial charge >= 0.3 is 0 Å². The molecule has 0 aliphatic carbocycles. The zero-order valence-corrected chi connectivity index (χ0v) is 17.8. The van der Waals surface area contributed by atoms with Crippen molar-refractivity contribution in [3.8, 4) is 5.75 Å². The molecule has 0 spiro atoms. The second-order valence-electron chi connectivity index (χ2n) is 6.62. The lowest BCUT2D eigenvalue weighted by Gasteiger charge is -2.16. The third-order valence-corrected chi connectivity index (χ3v) is 5.14. The number of ether oxygens (including phenoxy) is 1. The predicted octanol–water partition coefficient (Wildman–Crippen LogP) is 5.24. The second kappa shape index (κ2) is 8.55. The predicted molar refractivity (Wildman–Crippen MR) is 121 cm³/mol. The summed E-state index contributed by atoms with van der Waals surface area (Å²) in [5.74, 6) is -0.0834. The zero-order valence-electron chi connectivity index (χ0n) is 16.3. The lowest BCUT2D eigenvalue weighted by atomic mass is 10.0. The number of hydrogen-bond acceptors (Lipinski definition) is 4. The molecule has 30 heavy (non-hydrogen) atoms. The van der Waals surface area contributed by atoms with Crippen LogP contribution in [0.5, 0.6) is 5.75 Å². The number of benzene rings is 3. The third-order valence-electron chi connectivity index (χ3n) is 4.65. The van der Waals surface area contributed by atoms with Crippen LogP contribution in [0.2, 0.25) is 0 Å². The summed E-state index contributed by atoms with van der Waals surface area (Å²) in [6.45, 7) is 2.44. The molecule has 3 aromatic carbocycles. The van der Waals surface area contributed by atoms with E-state index in [2.05, 4.69) is 21.2 Å². The maximum absolute atomic E-state index is 13.4. The number of anilines is 2. The van der Waals surface area contributed by atoms with Gasteiger partial charge in [0.25, 0.3) is 11.8 Å². The fourth-order valence-electron chi connectivity index (χ4n) is 3.32. The molecule has 6 heteroatoms. The van der Waals surface area contributed by atoms with Crippen LogP contribution in [0.3, 0.4) is 0 Å². The molecule has 0 unspecified atom stereocenters. The molecular weight excluding hydrogens is 444 g/mol. The molecule has 5 nitrogen and oxygen atoms in total. The molecule has 3 aromatic rings. The highest BCUT2D eigenvalue weighted by Crippen LogP contribution is 2.34. The summed E-state index contributed by atoms with van der Waals surface area (Å²) in [4.78, 5) is 27.9. The van der Waals surface area contributed by atoms with Crippen molar-refractivity contribution in [1.29, 1.82) is 0 Å². The Balaban J connectivity index is 1.76. The smallest absolute Gasteiger partial charge is 0.282 e. The van der Waals surface area contributed by atoms with E-state index in [4.69, 9.17) is 4.74 Å². The molecule has 0 atom stereocenters. The molecule has 0 bridgehead atoms. The van der Waals surface area contributed by atoms with E-state index in [1.165, 1.54) is 4.90 Å². The number of carbonyl (C=O) groups excluding carboxylic acids is 2. The van der Waals surface area contributed by atoms with Gasteiger partial charge in [-0.2, -0.15) is 0 Å². The Kier molecular flexibility index (Phi) is 5.68. The van der Waals surface area contributed by atoms with E-state index in [-0.39, 0.29) is 11.6 Å². The van der Waals surface area contributed by atoms with Crippen molar-refractivity contribution in [3.63, 3.8) is 0 Å². The lowest BCUT2D eigenvalue weighted by Crippen LogP contribution is -2.32. The summed E-state index contributed by atoms with van der Waals surface area (Å²) in [6, 6.07) is 23.6. The quantitative estimate of drug-likeness (QED) is 0.508. The normalized spacial score (nSPS) is 13.7. The van der Waals surface area contributed by atoms with E-state index >= 15 is 0 Å². The molecular formula is C24H19BrN2O3. The molecule has 1 heterocycles. The highest BCUT2D eigenvalue weighted by Gasteiger charge is 2.40. The minimum atomic E-state index is -0.400. The van der Waals surface area contributed by atoms with Gasteiger partial charge in [0.15, 0.2) is 0 Å². The molecule has 1 aliphatic heterocycles. The van der Waals surface area contributed by atoms with Crippen LogP contribution in [0.25, 0.3) is 5.57 Å². The minimum Gasteiger partial charge on any atom is -0.494 e. The number of halogens is 1. The molecule has 0 aromatic heterocycles. The standard InChI is InChI=1S/C24H19BrN2O3/c1-2-30-20-13-11-19(12-14-20)27-23(28)21(16-7-4-3-5-8-16)22(24(27)29)26-18-10-6-9-17(25)15-18/h3-15,26H,2H2,1H3. The van der Waals surface area contributed by atoms with Gasteiger partial charge in [-0.15, -0.1) is 0 Å². The summed E-state index contributed by atoms with van der Waals surface area (Å²) in [5, 5.41) is 3.15. The first-order chi connectivity index (χ1) is 14.6. The summed E-state index contributed by atoms with van der Waals surface area (Å²) < 4.78 is 6.33. The van der Waals surface area contributed by atoms with E-state index in [0.717, 1.165) is 4.47 Å². The molecule has 2 amide bonds. The fraction of sp³-hybridized carbons (Fsp3) is 0.0833. The number of nitrogens with zero attached hydrogens (tertiary/aromatic N) is 1. The van der Waals surface area contributed by atoms with Crippen molar-refractivity contribution in [2.45, 2.75) is 6.92 Å². The van der Waals surface area contributed by atoms with Crippen LogP contribution in [0.1, 0.15) is 12.5 Å². The first-order valence-electron chi connectivity index (χ1n) is 9.52. The number of nitrogens with one attached hydrogen (secondary N) is 1. The maximum Gasteiger partial charge on any atom is 0.282 e. The monoisotopic (exact) mass is 462 g/mol. The van der Waals surface area contributed by atoms with Gasteiger partial charge in [-0.3, -0.25) is 9.59 Å². The third kappa shape index (κ3) is 3.86. The van der Waals surface area contributed by atoms with Crippen LogP contribution < -0.4 is 15.0 Å². The Morgan fingerprint density at radius 3 is 2.30 bits per heavy atom. The van der Waals surface area contributed by atoms with Crippen molar-refractivity contribution in [3.05, 3.63) is 94.6 Å². The summed E-state index contributed by atoms with van der Waals surface area (Å²) in [5.41, 5.74) is 2.48. The lowest BCUT2D eigenvalue weighted by molar-refractivity contribution is -0.120. The molecule has 0 saturated carbocycles. The van der Waals surface area contributed by atoms with Crippen LogP contribution in [0.4, 0.5) is 11.4 Å². The molecule has 0 fully saturated rings. The number of imide groups is 1. The number of hydrogen-bond donors (Lipinski definition) is 1. The van der Waals surface area contributed by atoms with Crippen LogP contribution >= 0.6 is 15.9 Å². The second-order valence-corrected chi connectivity index (χ2v) is 7.54. The molecule has 1 aliphatic rings. The van der Waals surface area contributed by atoms with Crippen molar-refractivity contribution < 1.29 is 14.3 Å². The zero-order chi connectivity index (χ0) is 21.1. The average molecular weight is 463 g/mol. The number of rotatable bonds is 6. The first-order valence-corrected chi connectivity index (χ1v) is 10.3. The van der Waals surface area contributed by atoms with E-state index in [0.29, 0.717) is 34.9 Å². The number of carbonyl (C=O) groups is 2. The Morgan fingerprint density at radius 2 is 1.63 bits per heavy atom. The SMILES string of the molecule is CCOc1ccc(N2C(=O)C(Nc3cccc(Br)c3)=C(c3ccccc3)C2=O)cc1. The molecule has 4 rings (SSSR count). The van der Waals surface area contributed by atoms with Gasteiger partial charge in [-0.25, -0.2) is 4.90 Å². The van der Waals surface area contributed by atoms with Gasteiger partial charge < -0.3 is 10.1 Å². The Labute approximate surface area is 183 Å². The van der Waals surface area contributed by atoms with Crippen molar-refractivity contribution in [1.82, 2.24) is 0 Å². The van der Waals surface area contributed by atoms with Crippen molar-refractivity contribution in [2.24, 2.45) is 0 Å². The molecule has 150 valence electrons. The van der Waals surface area contributed by atoms with Crippen molar-refractivity contribution >= 4 is 44.7 Å². The highest BCUT2D eigenvalue weighted by atomic mass is 79.9. The van der Waals surface area contributed by atoms with Gasteiger partial charge in [-0.05, 0) is 55.0 Å².